The van der Waals surface area contributed by atoms with Crippen molar-refractivity contribution < 1.29 is 13.7 Å². The number of nitrogen functional groups attached to an aromatic ring is 1. The Morgan fingerprint density at radius 3 is 2.61 bits per heavy atom. The topological polar surface area (TPSA) is 113 Å². The van der Waals surface area contributed by atoms with Crippen molar-refractivity contribution >= 4 is 22.7 Å². The summed E-state index contributed by atoms with van der Waals surface area (Å²) >= 11 is 0. The number of fused-ring (bicyclic) bond motifs is 1. The maximum atomic E-state index is 14.2. The number of benzene rings is 2. The van der Waals surface area contributed by atoms with Gasteiger partial charge in [-0.25, -0.2) is 18.4 Å². The van der Waals surface area contributed by atoms with Gasteiger partial charge in [0.2, 0.25) is 5.95 Å². The molecule has 0 saturated carbocycles. The number of nitrogens with two attached hydrogens (primary N) is 1. The Kier molecular flexibility index (Phi) is 4.15. The molecule has 0 bridgehead atoms. The fourth-order valence-electron chi connectivity index (χ4n) is 2.89. The first-order chi connectivity index (χ1) is 13.4. The molecule has 0 saturated heterocycles. The quantitative estimate of drug-likeness (QED) is 0.428. The molecule has 4 aromatic rings. The fraction of sp³-hybridized carbons (Fsp3) is 0.0556. The number of nitro benzene ring substituents is 1. The summed E-state index contributed by atoms with van der Waals surface area (Å²) < 4.78 is 29.8. The van der Waals surface area contributed by atoms with Crippen molar-refractivity contribution in [3.05, 3.63) is 76.0 Å². The van der Waals surface area contributed by atoms with E-state index in [-0.39, 0.29) is 35.0 Å². The van der Waals surface area contributed by atoms with Gasteiger partial charge in [0, 0.05) is 17.2 Å². The van der Waals surface area contributed by atoms with Crippen molar-refractivity contribution in [3.63, 3.8) is 0 Å². The second kappa shape index (κ2) is 6.65. The number of anilines is 1. The third kappa shape index (κ3) is 3.00. The van der Waals surface area contributed by atoms with E-state index in [4.69, 9.17) is 5.73 Å². The molecule has 0 aliphatic rings. The molecule has 2 N–H and O–H groups in total. The summed E-state index contributed by atoms with van der Waals surface area (Å²) in [5, 5.41) is 15.4. The Balaban J connectivity index is 1.80. The zero-order chi connectivity index (χ0) is 19.8. The van der Waals surface area contributed by atoms with E-state index in [0.29, 0.717) is 11.0 Å². The molecule has 140 valence electrons. The first-order valence-electron chi connectivity index (χ1n) is 8.11. The first-order valence-corrected chi connectivity index (χ1v) is 8.11. The van der Waals surface area contributed by atoms with E-state index in [1.54, 1.807) is 18.2 Å². The molecule has 4 rings (SSSR count). The van der Waals surface area contributed by atoms with E-state index in [9.17, 15) is 18.9 Å². The van der Waals surface area contributed by atoms with E-state index >= 15 is 0 Å². The van der Waals surface area contributed by atoms with Crippen LogP contribution < -0.4 is 5.73 Å². The van der Waals surface area contributed by atoms with Gasteiger partial charge >= 0.3 is 0 Å². The van der Waals surface area contributed by atoms with Crippen molar-refractivity contribution in [3.8, 4) is 11.3 Å². The van der Waals surface area contributed by atoms with E-state index < -0.39 is 16.6 Å². The van der Waals surface area contributed by atoms with E-state index in [1.807, 2.05) is 0 Å². The number of hydrogen-bond donors (Lipinski definition) is 1. The second-order valence-electron chi connectivity index (χ2n) is 5.98. The molecular formula is C18H12F2N6O2. The normalized spacial score (nSPS) is 11.1. The van der Waals surface area contributed by atoms with Crippen molar-refractivity contribution in [2.45, 2.75) is 6.54 Å². The minimum absolute atomic E-state index is 0.0412. The number of non-ortho nitro benzene ring substituents is 1. The number of halogens is 2. The number of hydrogen-bond acceptors (Lipinski definition) is 6. The Hall–Kier alpha value is -3.95. The van der Waals surface area contributed by atoms with Crippen LogP contribution >= 0.6 is 0 Å². The van der Waals surface area contributed by atoms with Crippen LogP contribution in [0.5, 0.6) is 0 Å². The average Bonchev–Trinajstić information content (AvgIpc) is 3.05. The zero-order valence-electron chi connectivity index (χ0n) is 14.2. The molecule has 2 heterocycles. The van der Waals surface area contributed by atoms with Gasteiger partial charge in [0.25, 0.3) is 5.69 Å². The van der Waals surface area contributed by atoms with Crippen LogP contribution in [0.4, 0.5) is 20.4 Å². The van der Waals surface area contributed by atoms with Crippen molar-refractivity contribution in [2.24, 2.45) is 0 Å². The summed E-state index contributed by atoms with van der Waals surface area (Å²) in [5.74, 6) is -1.30. The van der Waals surface area contributed by atoms with Crippen LogP contribution in [0.1, 0.15) is 5.56 Å². The maximum Gasteiger partial charge on any atom is 0.272 e. The third-order valence-corrected chi connectivity index (χ3v) is 4.21. The Morgan fingerprint density at radius 1 is 1.11 bits per heavy atom. The van der Waals surface area contributed by atoms with Crippen molar-refractivity contribution in [1.29, 1.82) is 0 Å². The highest BCUT2D eigenvalue weighted by Crippen LogP contribution is 2.29. The van der Waals surface area contributed by atoms with E-state index in [0.717, 1.165) is 6.07 Å². The summed E-state index contributed by atoms with van der Waals surface area (Å²) in [6.45, 7) is -0.0412. The summed E-state index contributed by atoms with van der Waals surface area (Å²) in [6, 6.07) is 9.44. The third-order valence-electron chi connectivity index (χ3n) is 4.21. The van der Waals surface area contributed by atoms with Gasteiger partial charge in [-0.15, -0.1) is 0 Å². The summed E-state index contributed by atoms with van der Waals surface area (Å²) in [7, 11) is 0. The molecule has 2 aromatic carbocycles. The van der Waals surface area contributed by atoms with Gasteiger partial charge in [-0.1, -0.05) is 12.1 Å². The molecule has 28 heavy (non-hydrogen) atoms. The van der Waals surface area contributed by atoms with Gasteiger partial charge in [-0.2, -0.15) is 10.1 Å². The molecule has 0 aliphatic carbocycles. The smallest absolute Gasteiger partial charge is 0.272 e. The Bertz CT molecular complexity index is 1220. The van der Waals surface area contributed by atoms with Crippen LogP contribution in [-0.2, 0) is 6.54 Å². The molecule has 0 amide bonds. The predicted molar refractivity (Wildman–Crippen MR) is 97.3 cm³/mol. The molecular weight excluding hydrogens is 370 g/mol. The summed E-state index contributed by atoms with van der Waals surface area (Å²) in [5.41, 5.74) is 6.42. The maximum absolute atomic E-state index is 14.2. The zero-order valence-corrected chi connectivity index (χ0v) is 14.2. The van der Waals surface area contributed by atoms with E-state index in [1.165, 1.54) is 29.1 Å². The van der Waals surface area contributed by atoms with Gasteiger partial charge in [0.15, 0.2) is 5.65 Å². The summed E-state index contributed by atoms with van der Waals surface area (Å²) in [6.07, 6.45) is 1.44. The molecule has 0 radical (unpaired) electrons. The first kappa shape index (κ1) is 17.5. The minimum Gasteiger partial charge on any atom is -0.368 e. The second-order valence-corrected chi connectivity index (χ2v) is 5.98. The molecule has 8 nitrogen and oxygen atoms in total. The lowest BCUT2D eigenvalue weighted by Gasteiger charge is -2.07. The Morgan fingerprint density at radius 2 is 1.89 bits per heavy atom. The van der Waals surface area contributed by atoms with Crippen LogP contribution in [-0.4, -0.2) is 24.7 Å². The van der Waals surface area contributed by atoms with Crippen molar-refractivity contribution in [1.82, 2.24) is 19.7 Å². The lowest BCUT2D eigenvalue weighted by atomic mass is 10.1. The molecule has 0 spiro atoms. The van der Waals surface area contributed by atoms with Crippen LogP contribution in [0.15, 0.2) is 48.7 Å². The van der Waals surface area contributed by atoms with Crippen LogP contribution in [0.2, 0.25) is 0 Å². The molecule has 0 atom stereocenters. The van der Waals surface area contributed by atoms with Gasteiger partial charge in [-0.3, -0.25) is 10.1 Å². The largest absolute Gasteiger partial charge is 0.368 e. The van der Waals surface area contributed by atoms with Crippen LogP contribution in [0.25, 0.3) is 22.3 Å². The fourth-order valence-corrected chi connectivity index (χ4v) is 2.89. The SMILES string of the molecule is Nc1nc(-c2ccccc2F)c2cnn(Cc3ccc([N+](=O)[O-])cc3F)c2n1. The highest BCUT2D eigenvalue weighted by Gasteiger charge is 2.17. The van der Waals surface area contributed by atoms with Gasteiger partial charge in [-0.05, 0) is 18.2 Å². The molecule has 0 fully saturated rings. The van der Waals surface area contributed by atoms with Crippen molar-refractivity contribution in [2.75, 3.05) is 5.73 Å². The molecule has 10 heteroatoms. The highest BCUT2D eigenvalue weighted by molar-refractivity contribution is 5.91. The lowest BCUT2D eigenvalue weighted by Crippen LogP contribution is -2.07. The number of nitro groups is 1. The number of nitrogens with zero attached hydrogens (tertiary/aromatic N) is 5. The minimum atomic E-state index is -0.741. The number of rotatable bonds is 4. The van der Waals surface area contributed by atoms with Gasteiger partial charge < -0.3 is 5.73 Å². The molecule has 0 aliphatic heterocycles. The molecule has 0 unspecified atom stereocenters. The number of aromatic nitrogens is 4. The van der Waals surface area contributed by atoms with Gasteiger partial charge in [0.1, 0.15) is 11.6 Å². The van der Waals surface area contributed by atoms with E-state index in [2.05, 4.69) is 15.1 Å². The van der Waals surface area contributed by atoms with Crippen LogP contribution in [0.3, 0.4) is 0 Å². The monoisotopic (exact) mass is 382 g/mol. The molecule has 2 aromatic heterocycles. The lowest BCUT2D eigenvalue weighted by molar-refractivity contribution is -0.385. The highest BCUT2D eigenvalue weighted by atomic mass is 19.1. The van der Waals surface area contributed by atoms with Gasteiger partial charge in [0.05, 0.1) is 34.8 Å². The van der Waals surface area contributed by atoms with Crippen LogP contribution in [0, 0.1) is 21.7 Å². The summed E-state index contributed by atoms with van der Waals surface area (Å²) in [4.78, 5) is 18.3. The standard InChI is InChI=1S/C18H12F2N6O2/c19-14-4-2-1-3-12(14)16-13-8-22-25(17(13)24-18(21)23-16)9-10-5-6-11(26(27)28)7-15(10)20/h1-8H,9H2,(H2,21,23,24). The Labute approximate surface area is 156 Å². The predicted octanol–water partition coefficient (Wildman–Crippen LogP) is 3.31. The average molecular weight is 382 g/mol.